The summed E-state index contributed by atoms with van der Waals surface area (Å²) in [5, 5.41) is 1.30. The molecule has 0 radical (unpaired) electrons. The zero-order chi connectivity index (χ0) is 13.8. The molecule has 2 rings (SSSR count). The lowest BCUT2D eigenvalue weighted by molar-refractivity contribution is 1.30. The Bertz CT molecular complexity index is 385. The molecule has 0 bridgehead atoms. The van der Waals surface area contributed by atoms with Gasteiger partial charge in [0.2, 0.25) is 0 Å². The van der Waals surface area contributed by atoms with Crippen molar-refractivity contribution in [2.75, 3.05) is 0 Å². The fourth-order valence-corrected chi connectivity index (χ4v) is 1.39. The second-order valence-electron chi connectivity index (χ2n) is 3.04. The minimum atomic E-state index is 1.23. The number of rotatable bonds is 0. The smallest absolute Gasteiger partial charge is 0.0458 e. The first-order valence-corrected chi connectivity index (χ1v) is 6.82. The molecule has 1 heteroatoms. The van der Waals surface area contributed by atoms with Crippen LogP contribution in [-0.2, 0) is 0 Å². The van der Waals surface area contributed by atoms with Crippen molar-refractivity contribution < 1.29 is 0 Å². The summed E-state index contributed by atoms with van der Waals surface area (Å²) in [6, 6.07) is 8.61. The van der Waals surface area contributed by atoms with Gasteiger partial charge in [-0.15, -0.1) is 0 Å². The average molecular weight is 235 g/mol. The Morgan fingerprint density at radius 1 is 0.765 bits per heavy atom. The maximum absolute atomic E-state index is 3.30. The molecular formula is C16H29N. The fraction of sp³-hybridized carbons (Fsp3) is 0.500. The van der Waals surface area contributed by atoms with Crippen molar-refractivity contribution in [3.63, 3.8) is 0 Å². The van der Waals surface area contributed by atoms with Crippen LogP contribution < -0.4 is 0 Å². The summed E-state index contributed by atoms with van der Waals surface area (Å²) in [5.74, 6) is 0. The highest BCUT2D eigenvalue weighted by Crippen LogP contribution is 2.15. The first kappa shape index (κ1) is 18.1. The van der Waals surface area contributed by atoms with E-state index in [0.717, 1.165) is 0 Å². The molecule has 0 fully saturated rings. The van der Waals surface area contributed by atoms with Gasteiger partial charge in [-0.2, -0.15) is 0 Å². The number of nitrogens with one attached hydrogen (secondary N) is 1. The van der Waals surface area contributed by atoms with Gasteiger partial charge in [0, 0.05) is 11.2 Å². The average Bonchev–Trinajstić information content (AvgIpc) is 2.76. The molecule has 0 aliphatic rings. The second kappa shape index (κ2) is 11.3. The third kappa shape index (κ3) is 6.15. The van der Waals surface area contributed by atoms with E-state index in [0.29, 0.717) is 0 Å². The van der Waals surface area contributed by atoms with Crippen molar-refractivity contribution >= 4 is 10.9 Å². The molecule has 0 aliphatic carbocycles. The summed E-state index contributed by atoms with van der Waals surface area (Å²) in [5.41, 5.74) is 3.77. The van der Waals surface area contributed by atoms with Crippen molar-refractivity contribution in [2.24, 2.45) is 0 Å². The molecule has 0 atom stereocenters. The quantitative estimate of drug-likeness (QED) is 0.588. The van der Waals surface area contributed by atoms with Gasteiger partial charge in [-0.05, 0) is 36.9 Å². The number of fused-ring (bicyclic) bond motifs is 1. The minimum Gasteiger partial charge on any atom is -0.359 e. The van der Waals surface area contributed by atoms with E-state index in [-0.39, 0.29) is 0 Å². The molecule has 0 amide bonds. The van der Waals surface area contributed by atoms with Crippen molar-refractivity contribution in [3.8, 4) is 0 Å². The normalized spacial score (nSPS) is 8.00. The molecule has 1 aromatic carbocycles. The number of aromatic nitrogens is 1. The van der Waals surface area contributed by atoms with Crippen molar-refractivity contribution in [2.45, 2.75) is 55.4 Å². The number of aryl methyl sites for hydroxylation is 2. The van der Waals surface area contributed by atoms with Crippen LogP contribution in [0.25, 0.3) is 10.9 Å². The molecule has 2 aromatic rings. The summed E-state index contributed by atoms with van der Waals surface area (Å²) >= 11 is 0. The highest BCUT2D eigenvalue weighted by Gasteiger charge is 1.95. The molecule has 98 valence electrons. The third-order valence-electron chi connectivity index (χ3n) is 1.91. The molecule has 0 unspecified atom stereocenters. The molecule has 1 heterocycles. The van der Waals surface area contributed by atoms with Gasteiger partial charge in [0.25, 0.3) is 0 Å². The summed E-state index contributed by atoms with van der Waals surface area (Å²) in [4.78, 5) is 3.30. The van der Waals surface area contributed by atoms with Gasteiger partial charge in [-0.3, -0.25) is 0 Å². The molecule has 0 saturated heterocycles. The van der Waals surface area contributed by atoms with Gasteiger partial charge in [0.1, 0.15) is 0 Å². The predicted molar refractivity (Wildman–Crippen MR) is 81.8 cm³/mol. The Morgan fingerprint density at radius 3 is 1.82 bits per heavy atom. The van der Waals surface area contributed by atoms with E-state index in [1.807, 2.05) is 41.5 Å². The Kier molecular flexibility index (Phi) is 12.0. The van der Waals surface area contributed by atoms with Crippen LogP contribution in [0.5, 0.6) is 0 Å². The van der Waals surface area contributed by atoms with Crippen LogP contribution in [0.4, 0.5) is 0 Å². The monoisotopic (exact) mass is 235 g/mol. The molecule has 0 spiro atoms. The van der Waals surface area contributed by atoms with Gasteiger partial charge in [-0.25, -0.2) is 0 Å². The van der Waals surface area contributed by atoms with Gasteiger partial charge in [0.05, 0.1) is 0 Å². The zero-order valence-corrected chi connectivity index (χ0v) is 12.8. The Morgan fingerprint density at radius 2 is 1.29 bits per heavy atom. The van der Waals surface area contributed by atoms with Crippen molar-refractivity contribution in [1.29, 1.82) is 0 Å². The summed E-state index contributed by atoms with van der Waals surface area (Å²) in [7, 11) is 0. The standard InChI is InChI=1S/C10H11N.3C2H6/c1-7-3-4-9-6-8(2)11-10(9)5-7;3*1-2/h3-6,11H,1-2H3;3*1-2H3. The van der Waals surface area contributed by atoms with Gasteiger partial charge < -0.3 is 4.98 Å². The maximum atomic E-state index is 3.30. The molecule has 1 nitrogen and oxygen atoms in total. The molecule has 1 aromatic heterocycles. The zero-order valence-electron chi connectivity index (χ0n) is 12.8. The number of benzene rings is 1. The van der Waals surface area contributed by atoms with E-state index < -0.39 is 0 Å². The van der Waals surface area contributed by atoms with E-state index in [2.05, 4.69) is 43.1 Å². The molecular weight excluding hydrogens is 206 g/mol. The Hall–Kier alpha value is -1.24. The van der Waals surface area contributed by atoms with Gasteiger partial charge in [0.15, 0.2) is 0 Å². The molecule has 1 N–H and O–H groups in total. The van der Waals surface area contributed by atoms with Crippen molar-refractivity contribution in [1.82, 2.24) is 4.98 Å². The van der Waals surface area contributed by atoms with E-state index in [9.17, 15) is 0 Å². The summed E-state index contributed by atoms with van der Waals surface area (Å²) < 4.78 is 0. The maximum Gasteiger partial charge on any atom is 0.0458 e. The number of aromatic amines is 1. The molecule has 0 saturated carbocycles. The van der Waals surface area contributed by atoms with Crippen LogP contribution in [0.15, 0.2) is 24.3 Å². The van der Waals surface area contributed by atoms with Gasteiger partial charge in [-0.1, -0.05) is 53.7 Å². The van der Waals surface area contributed by atoms with E-state index in [1.54, 1.807) is 0 Å². The largest absolute Gasteiger partial charge is 0.359 e. The van der Waals surface area contributed by atoms with Crippen LogP contribution in [0.1, 0.15) is 52.8 Å². The highest BCUT2D eigenvalue weighted by atomic mass is 14.7. The lowest BCUT2D eigenvalue weighted by Crippen LogP contribution is -1.71. The van der Waals surface area contributed by atoms with E-state index in [4.69, 9.17) is 0 Å². The Labute approximate surface area is 107 Å². The summed E-state index contributed by atoms with van der Waals surface area (Å²) in [6.45, 7) is 16.2. The van der Waals surface area contributed by atoms with Crippen LogP contribution in [0.3, 0.4) is 0 Å². The minimum absolute atomic E-state index is 1.23. The fourth-order valence-electron chi connectivity index (χ4n) is 1.39. The van der Waals surface area contributed by atoms with Crippen LogP contribution >= 0.6 is 0 Å². The first-order chi connectivity index (χ1) is 8.25. The van der Waals surface area contributed by atoms with Gasteiger partial charge >= 0.3 is 0 Å². The number of H-pyrrole nitrogens is 1. The Balaban J connectivity index is 0. The lowest BCUT2D eigenvalue weighted by Gasteiger charge is -1.90. The second-order valence-corrected chi connectivity index (χ2v) is 3.04. The topological polar surface area (TPSA) is 15.8 Å². The van der Waals surface area contributed by atoms with E-state index in [1.165, 1.54) is 22.2 Å². The first-order valence-electron chi connectivity index (χ1n) is 6.82. The number of hydrogen-bond acceptors (Lipinski definition) is 0. The predicted octanol–water partition coefficient (Wildman–Crippen LogP) is 5.86. The third-order valence-corrected chi connectivity index (χ3v) is 1.91. The highest BCUT2D eigenvalue weighted by molar-refractivity contribution is 5.80. The van der Waals surface area contributed by atoms with E-state index >= 15 is 0 Å². The van der Waals surface area contributed by atoms with Crippen LogP contribution in [0.2, 0.25) is 0 Å². The molecule has 17 heavy (non-hydrogen) atoms. The summed E-state index contributed by atoms with van der Waals surface area (Å²) in [6.07, 6.45) is 0. The molecule has 0 aliphatic heterocycles. The SMILES string of the molecule is CC.CC.CC.Cc1ccc2cc(C)[nH]c2c1. The van der Waals surface area contributed by atoms with Crippen LogP contribution in [0, 0.1) is 13.8 Å². The number of hydrogen-bond donors (Lipinski definition) is 1. The van der Waals surface area contributed by atoms with Crippen LogP contribution in [-0.4, -0.2) is 4.98 Å². The van der Waals surface area contributed by atoms with Crippen molar-refractivity contribution in [3.05, 3.63) is 35.5 Å². The lowest BCUT2D eigenvalue weighted by atomic mass is 10.2.